The van der Waals surface area contributed by atoms with E-state index in [4.69, 9.17) is 9.78 Å². The molecule has 120 valence electrons. The Bertz CT molecular complexity index is 95.8. The minimum absolute atomic E-state index is 0.778. The van der Waals surface area contributed by atoms with E-state index in [1.807, 2.05) is 0 Å². The van der Waals surface area contributed by atoms with E-state index in [2.05, 4.69) is 0 Å². The minimum Gasteiger partial charge on any atom is -0.237 e. The van der Waals surface area contributed by atoms with E-state index >= 15 is 0 Å². The van der Waals surface area contributed by atoms with E-state index in [0.29, 0.717) is 0 Å². The highest BCUT2D eigenvalue weighted by molar-refractivity contribution is 4.50. The zero-order chi connectivity index (χ0) is 14.1. The molecule has 1 aliphatic rings. The minimum atomic E-state index is 0.778. The summed E-state index contributed by atoms with van der Waals surface area (Å²) in [6, 6.07) is 0. The second kappa shape index (κ2) is 15.3. The lowest BCUT2D eigenvalue weighted by Gasteiger charge is -2.06. The largest absolute Gasteiger partial charge is 0.237 e. The molecule has 2 heteroatoms. The SMILES string of the molecule is C1CCCCCCCCCOOCCCCCCCC1. The molecule has 0 saturated carbocycles. The van der Waals surface area contributed by atoms with Gasteiger partial charge in [-0.1, -0.05) is 89.9 Å². The van der Waals surface area contributed by atoms with Crippen molar-refractivity contribution in [3.8, 4) is 0 Å². The van der Waals surface area contributed by atoms with Crippen LogP contribution in [0.15, 0.2) is 0 Å². The summed E-state index contributed by atoms with van der Waals surface area (Å²) >= 11 is 0. The fourth-order valence-corrected chi connectivity index (χ4v) is 2.91. The average Bonchev–Trinajstić information content (AvgIpc) is 2.46. The van der Waals surface area contributed by atoms with Crippen LogP contribution < -0.4 is 0 Å². The first-order chi connectivity index (χ1) is 10.0. The summed E-state index contributed by atoms with van der Waals surface area (Å²) in [7, 11) is 0. The van der Waals surface area contributed by atoms with Gasteiger partial charge < -0.3 is 0 Å². The van der Waals surface area contributed by atoms with Gasteiger partial charge in [0, 0.05) is 0 Å². The molecule has 0 aromatic rings. The highest BCUT2D eigenvalue weighted by Crippen LogP contribution is 2.14. The highest BCUT2D eigenvalue weighted by Gasteiger charge is 1.96. The molecule has 1 saturated heterocycles. The Morgan fingerprint density at radius 2 is 0.450 bits per heavy atom. The van der Waals surface area contributed by atoms with Gasteiger partial charge in [-0.3, -0.25) is 0 Å². The summed E-state index contributed by atoms with van der Waals surface area (Å²) in [6.07, 6.45) is 22.0. The van der Waals surface area contributed by atoms with Gasteiger partial charge in [0.15, 0.2) is 0 Å². The first-order valence-electron chi connectivity index (χ1n) is 9.24. The van der Waals surface area contributed by atoms with Gasteiger partial charge in [-0.2, -0.15) is 0 Å². The molecule has 1 fully saturated rings. The Balaban J connectivity index is 2.00. The van der Waals surface area contributed by atoms with Gasteiger partial charge in [0.05, 0.1) is 13.2 Å². The Morgan fingerprint density at radius 1 is 0.250 bits per heavy atom. The quantitative estimate of drug-likeness (QED) is 0.494. The van der Waals surface area contributed by atoms with Crippen LogP contribution in [0.1, 0.15) is 103 Å². The monoisotopic (exact) mass is 284 g/mol. The highest BCUT2D eigenvalue weighted by atomic mass is 17.2. The fraction of sp³-hybridized carbons (Fsp3) is 1.00. The van der Waals surface area contributed by atoms with Crippen LogP contribution in [0, 0.1) is 0 Å². The van der Waals surface area contributed by atoms with Crippen molar-refractivity contribution in [1.82, 2.24) is 0 Å². The van der Waals surface area contributed by atoms with Gasteiger partial charge in [-0.05, 0) is 12.8 Å². The van der Waals surface area contributed by atoms with E-state index in [0.717, 1.165) is 26.1 Å². The van der Waals surface area contributed by atoms with Gasteiger partial charge in [-0.25, -0.2) is 9.78 Å². The van der Waals surface area contributed by atoms with Crippen LogP contribution in [0.25, 0.3) is 0 Å². The van der Waals surface area contributed by atoms with Crippen molar-refractivity contribution in [3.05, 3.63) is 0 Å². The molecular weight excluding hydrogens is 248 g/mol. The van der Waals surface area contributed by atoms with Crippen LogP contribution in [0.2, 0.25) is 0 Å². The zero-order valence-corrected chi connectivity index (χ0v) is 13.5. The number of hydrogen-bond donors (Lipinski definition) is 0. The van der Waals surface area contributed by atoms with Crippen LogP contribution >= 0.6 is 0 Å². The van der Waals surface area contributed by atoms with Gasteiger partial charge in [0.2, 0.25) is 0 Å². The summed E-state index contributed by atoms with van der Waals surface area (Å²) in [5.74, 6) is 0. The van der Waals surface area contributed by atoms with Crippen LogP contribution in [-0.4, -0.2) is 13.2 Å². The Morgan fingerprint density at radius 3 is 0.700 bits per heavy atom. The lowest BCUT2D eigenvalue weighted by Crippen LogP contribution is -1.99. The normalized spacial score (nSPS) is 24.0. The molecule has 1 heterocycles. The molecule has 20 heavy (non-hydrogen) atoms. The molecule has 0 amide bonds. The van der Waals surface area contributed by atoms with Crippen molar-refractivity contribution >= 4 is 0 Å². The number of hydrogen-bond acceptors (Lipinski definition) is 2. The molecule has 1 rings (SSSR count). The van der Waals surface area contributed by atoms with Crippen LogP contribution in [0.5, 0.6) is 0 Å². The molecule has 0 bridgehead atoms. The summed E-state index contributed by atoms with van der Waals surface area (Å²) in [6.45, 7) is 1.56. The molecular formula is C18H36O2. The third kappa shape index (κ3) is 12.9. The Labute approximate surface area is 126 Å². The lowest BCUT2D eigenvalue weighted by atomic mass is 10.0. The van der Waals surface area contributed by atoms with Crippen LogP contribution in [0.4, 0.5) is 0 Å². The van der Waals surface area contributed by atoms with E-state index in [1.165, 1.54) is 89.9 Å². The first kappa shape index (κ1) is 18.0. The summed E-state index contributed by atoms with van der Waals surface area (Å²) in [5.41, 5.74) is 0. The Kier molecular flexibility index (Phi) is 13.8. The van der Waals surface area contributed by atoms with Gasteiger partial charge >= 0.3 is 0 Å². The standard InChI is InChI=1S/C18H36O2/c1-2-4-6-8-10-12-14-16-18-20-19-17-15-13-11-9-7-5-3-1/h1-18H2. The van der Waals surface area contributed by atoms with E-state index in [9.17, 15) is 0 Å². The van der Waals surface area contributed by atoms with E-state index in [1.54, 1.807) is 0 Å². The van der Waals surface area contributed by atoms with Crippen LogP contribution in [0.3, 0.4) is 0 Å². The summed E-state index contributed by atoms with van der Waals surface area (Å²) in [5, 5.41) is 0. The topological polar surface area (TPSA) is 18.5 Å². The zero-order valence-electron chi connectivity index (χ0n) is 13.5. The first-order valence-corrected chi connectivity index (χ1v) is 9.24. The average molecular weight is 284 g/mol. The van der Waals surface area contributed by atoms with Crippen molar-refractivity contribution in [1.29, 1.82) is 0 Å². The molecule has 0 unspecified atom stereocenters. The molecule has 0 N–H and O–H groups in total. The summed E-state index contributed by atoms with van der Waals surface area (Å²) in [4.78, 5) is 10.4. The predicted molar refractivity (Wildman–Crippen MR) is 85.8 cm³/mol. The van der Waals surface area contributed by atoms with Gasteiger partial charge in [0.1, 0.15) is 0 Å². The maximum Gasteiger partial charge on any atom is 0.0822 e. The summed E-state index contributed by atoms with van der Waals surface area (Å²) < 4.78 is 0. The van der Waals surface area contributed by atoms with Crippen molar-refractivity contribution in [2.75, 3.05) is 13.2 Å². The lowest BCUT2D eigenvalue weighted by molar-refractivity contribution is -0.295. The van der Waals surface area contributed by atoms with Crippen molar-refractivity contribution in [3.63, 3.8) is 0 Å². The maximum atomic E-state index is 5.22. The molecule has 0 aromatic heterocycles. The molecule has 0 spiro atoms. The van der Waals surface area contributed by atoms with E-state index in [-0.39, 0.29) is 0 Å². The second-order valence-electron chi connectivity index (χ2n) is 6.30. The Hall–Kier alpha value is -0.0800. The van der Waals surface area contributed by atoms with Gasteiger partial charge in [0.25, 0.3) is 0 Å². The molecule has 0 atom stereocenters. The molecule has 2 nitrogen and oxygen atoms in total. The third-order valence-electron chi connectivity index (χ3n) is 4.29. The van der Waals surface area contributed by atoms with Crippen molar-refractivity contribution < 1.29 is 9.78 Å². The molecule has 0 aliphatic carbocycles. The van der Waals surface area contributed by atoms with Gasteiger partial charge in [-0.15, -0.1) is 0 Å². The van der Waals surface area contributed by atoms with E-state index < -0.39 is 0 Å². The fourth-order valence-electron chi connectivity index (χ4n) is 2.91. The smallest absolute Gasteiger partial charge is 0.0822 e. The van der Waals surface area contributed by atoms with Crippen molar-refractivity contribution in [2.45, 2.75) is 103 Å². The van der Waals surface area contributed by atoms with Crippen molar-refractivity contribution in [2.24, 2.45) is 0 Å². The third-order valence-corrected chi connectivity index (χ3v) is 4.29. The molecule has 1 aliphatic heterocycles. The predicted octanol–water partition coefficient (Wildman–Crippen LogP) is 6.19. The second-order valence-corrected chi connectivity index (χ2v) is 6.30. The molecule has 0 aromatic carbocycles. The maximum absolute atomic E-state index is 5.22. The molecule has 0 radical (unpaired) electrons. The van der Waals surface area contributed by atoms with Crippen LogP contribution in [-0.2, 0) is 9.78 Å². The number of rotatable bonds is 0.